The number of hydrogen-bond acceptors (Lipinski definition) is 3. The van der Waals surface area contributed by atoms with E-state index in [9.17, 15) is 13.2 Å². The fraction of sp³-hybridized carbons (Fsp3) is 0.333. The van der Waals surface area contributed by atoms with Crippen LogP contribution in [0.3, 0.4) is 0 Å². The first kappa shape index (κ1) is 15.4. The van der Waals surface area contributed by atoms with Gasteiger partial charge in [-0.1, -0.05) is 6.92 Å². The highest BCUT2D eigenvalue weighted by molar-refractivity contribution is 5.66. The number of hydrogen-bond donors (Lipinski definition) is 1. The summed E-state index contributed by atoms with van der Waals surface area (Å²) >= 11 is 0. The van der Waals surface area contributed by atoms with Crippen molar-refractivity contribution in [1.29, 1.82) is 0 Å². The maximum Gasteiger partial charge on any atom is 0.417 e. The van der Waals surface area contributed by atoms with E-state index in [1.165, 1.54) is 12.4 Å². The summed E-state index contributed by atoms with van der Waals surface area (Å²) in [6, 6.07) is 2.69. The third-order valence-corrected chi connectivity index (χ3v) is 2.99. The Labute approximate surface area is 121 Å². The molecule has 0 aliphatic carbocycles. The quantitative estimate of drug-likeness (QED) is 0.855. The lowest BCUT2D eigenvalue weighted by molar-refractivity contribution is -0.137. The van der Waals surface area contributed by atoms with Gasteiger partial charge < -0.3 is 5.32 Å². The molecule has 21 heavy (non-hydrogen) atoms. The molecule has 1 N–H and O–H groups in total. The zero-order valence-electron chi connectivity index (χ0n) is 11.6. The highest BCUT2D eigenvalue weighted by Gasteiger charge is 2.33. The molecule has 0 bridgehead atoms. The molecular formula is C15H16F3N3. The third kappa shape index (κ3) is 4.01. The molecule has 112 valence electrons. The highest BCUT2D eigenvalue weighted by Crippen LogP contribution is 2.36. The Morgan fingerprint density at radius 3 is 2.67 bits per heavy atom. The molecule has 0 amide bonds. The van der Waals surface area contributed by atoms with Crippen molar-refractivity contribution < 1.29 is 13.2 Å². The van der Waals surface area contributed by atoms with Gasteiger partial charge in [-0.2, -0.15) is 13.2 Å². The summed E-state index contributed by atoms with van der Waals surface area (Å²) in [5, 5.41) is 3.20. The molecule has 2 heterocycles. The average Bonchev–Trinajstić information content (AvgIpc) is 2.47. The van der Waals surface area contributed by atoms with E-state index < -0.39 is 11.7 Å². The molecule has 0 saturated carbocycles. The molecule has 0 saturated heterocycles. The van der Waals surface area contributed by atoms with Gasteiger partial charge in [-0.15, -0.1) is 0 Å². The molecule has 3 nitrogen and oxygen atoms in total. The Morgan fingerprint density at radius 2 is 1.95 bits per heavy atom. The van der Waals surface area contributed by atoms with E-state index in [-0.39, 0.29) is 5.56 Å². The molecule has 0 unspecified atom stereocenters. The Hall–Kier alpha value is -1.95. The monoisotopic (exact) mass is 295 g/mol. The van der Waals surface area contributed by atoms with Gasteiger partial charge in [-0.05, 0) is 30.7 Å². The number of nitrogens with one attached hydrogen (secondary N) is 1. The number of aromatic nitrogens is 2. The normalized spacial score (nSPS) is 11.6. The van der Waals surface area contributed by atoms with Crippen LogP contribution in [0.4, 0.5) is 13.2 Å². The van der Waals surface area contributed by atoms with Gasteiger partial charge >= 0.3 is 6.18 Å². The van der Waals surface area contributed by atoms with Crippen molar-refractivity contribution in [2.24, 2.45) is 0 Å². The molecular weight excluding hydrogens is 279 g/mol. The van der Waals surface area contributed by atoms with Crippen LogP contribution in [0.15, 0.2) is 36.9 Å². The van der Waals surface area contributed by atoms with E-state index in [2.05, 4.69) is 15.3 Å². The third-order valence-electron chi connectivity index (χ3n) is 2.99. The number of halogens is 3. The van der Waals surface area contributed by atoms with Crippen molar-refractivity contribution in [2.75, 3.05) is 6.54 Å². The van der Waals surface area contributed by atoms with Crippen LogP contribution < -0.4 is 5.32 Å². The van der Waals surface area contributed by atoms with E-state index in [4.69, 9.17) is 0 Å². The smallest absolute Gasteiger partial charge is 0.313 e. The van der Waals surface area contributed by atoms with Gasteiger partial charge in [-0.3, -0.25) is 9.97 Å². The van der Waals surface area contributed by atoms with Gasteiger partial charge in [0.05, 0.1) is 5.56 Å². The van der Waals surface area contributed by atoms with E-state index in [1.807, 2.05) is 6.92 Å². The molecule has 0 radical (unpaired) electrons. The van der Waals surface area contributed by atoms with Gasteiger partial charge in [0.1, 0.15) is 0 Å². The first-order valence-corrected chi connectivity index (χ1v) is 6.68. The second-order valence-electron chi connectivity index (χ2n) is 4.68. The maximum atomic E-state index is 13.0. The predicted molar refractivity (Wildman–Crippen MR) is 74.5 cm³/mol. The van der Waals surface area contributed by atoms with Crippen molar-refractivity contribution in [3.05, 3.63) is 48.0 Å². The summed E-state index contributed by atoms with van der Waals surface area (Å²) in [7, 11) is 0. The summed E-state index contributed by atoms with van der Waals surface area (Å²) < 4.78 is 39.1. The van der Waals surface area contributed by atoms with Gasteiger partial charge in [0.2, 0.25) is 0 Å². The fourth-order valence-corrected chi connectivity index (χ4v) is 2.01. The van der Waals surface area contributed by atoms with Crippen LogP contribution in [0.1, 0.15) is 24.5 Å². The second-order valence-corrected chi connectivity index (χ2v) is 4.68. The molecule has 2 aromatic heterocycles. The van der Waals surface area contributed by atoms with E-state index in [0.717, 1.165) is 30.8 Å². The molecule has 0 aromatic carbocycles. The van der Waals surface area contributed by atoms with E-state index in [0.29, 0.717) is 12.1 Å². The van der Waals surface area contributed by atoms with Crippen LogP contribution in [0.5, 0.6) is 0 Å². The SMILES string of the molecule is CCCNCc1cncc(-c2cnccc2C(F)(F)F)c1. The van der Waals surface area contributed by atoms with Gasteiger partial charge in [-0.25, -0.2) is 0 Å². The Morgan fingerprint density at radius 1 is 1.14 bits per heavy atom. The van der Waals surface area contributed by atoms with E-state index in [1.54, 1.807) is 12.3 Å². The minimum Gasteiger partial charge on any atom is -0.313 e. The van der Waals surface area contributed by atoms with Crippen LogP contribution in [0.25, 0.3) is 11.1 Å². The van der Waals surface area contributed by atoms with Crippen molar-refractivity contribution >= 4 is 0 Å². The van der Waals surface area contributed by atoms with Gasteiger partial charge in [0.25, 0.3) is 0 Å². The lowest BCUT2D eigenvalue weighted by Crippen LogP contribution is -2.14. The minimum atomic E-state index is -4.41. The second kappa shape index (κ2) is 6.67. The molecule has 2 rings (SSSR count). The minimum absolute atomic E-state index is 0.0508. The van der Waals surface area contributed by atoms with Crippen LogP contribution >= 0.6 is 0 Å². The lowest BCUT2D eigenvalue weighted by atomic mass is 10.0. The number of nitrogens with zero attached hydrogens (tertiary/aromatic N) is 2. The summed E-state index contributed by atoms with van der Waals surface area (Å²) in [5.41, 5.74) is 0.622. The van der Waals surface area contributed by atoms with Crippen molar-refractivity contribution in [3.8, 4) is 11.1 Å². The van der Waals surface area contributed by atoms with Gasteiger partial charge in [0.15, 0.2) is 0 Å². The highest BCUT2D eigenvalue weighted by atomic mass is 19.4. The Kier molecular flexibility index (Phi) is 4.90. The van der Waals surface area contributed by atoms with Crippen LogP contribution in [-0.2, 0) is 12.7 Å². The van der Waals surface area contributed by atoms with E-state index >= 15 is 0 Å². The molecule has 0 spiro atoms. The Bertz CT molecular complexity index is 597. The topological polar surface area (TPSA) is 37.8 Å². The molecule has 6 heteroatoms. The molecule has 0 atom stereocenters. The fourth-order valence-electron chi connectivity index (χ4n) is 2.01. The number of rotatable bonds is 5. The van der Waals surface area contributed by atoms with Crippen LogP contribution in [0, 0.1) is 0 Å². The number of alkyl halides is 3. The summed E-state index contributed by atoms with van der Waals surface area (Å²) in [6.45, 7) is 3.48. The molecule has 0 aliphatic heterocycles. The lowest BCUT2D eigenvalue weighted by Gasteiger charge is -2.12. The average molecular weight is 295 g/mol. The zero-order valence-corrected chi connectivity index (χ0v) is 11.6. The first-order chi connectivity index (χ1) is 10.0. The maximum absolute atomic E-state index is 13.0. The van der Waals surface area contributed by atoms with Crippen LogP contribution in [-0.4, -0.2) is 16.5 Å². The van der Waals surface area contributed by atoms with Crippen LogP contribution in [0.2, 0.25) is 0 Å². The largest absolute Gasteiger partial charge is 0.417 e. The summed E-state index contributed by atoms with van der Waals surface area (Å²) in [5.74, 6) is 0. The number of pyridine rings is 2. The zero-order chi connectivity index (χ0) is 15.3. The van der Waals surface area contributed by atoms with Crippen molar-refractivity contribution in [1.82, 2.24) is 15.3 Å². The molecule has 2 aromatic rings. The van der Waals surface area contributed by atoms with Gasteiger partial charge in [0, 0.05) is 42.5 Å². The molecule has 0 aliphatic rings. The summed E-state index contributed by atoms with van der Waals surface area (Å²) in [6.07, 6.45) is 2.03. The predicted octanol–water partition coefficient (Wildman–Crippen LogP) is 3.66. The first-order valence-electron chi connectivity index (χ1n) is 6.68. The molecule has 0 fully saturated rings. The summed E-state index contributed by atoms with van der Waals surface area (Å²) in [4.78, 5) is 7.82. The standard InChI is InChI=1S/C15H16F3N3/c1-2-4-19-7-11-6-12(9-21-8-11)13-10-20-5-3-14(13)15(16,17)18/h3,5-6,8-10,19H,2,4,7H2,1H3. The van der Waals surface area contributed by atoms with Crippen molar-refractivity contribution in [2.45, 2.75) is 26.1 Å². The Balaban J connectivity index is 2.32. The van der Waals surface area contributed by atoms with Crippen molar-refractivity contribution in [3.63, 3.8) is 0 Å².